The van der Waals surface area contributed by atoms with Crippen LogP contribution in [0, 0.1) is 5.82 Å². The molecule has 0 aliphatic rings. The van der Waals surface area contributed by atoms with Crippen molar-refractivity contribution < 1.29 is 14.2 Å². The largest absolute Gasteiger partial charge is 0.484 e. The van der Waals surface area contributed by atoms with Gasteiger partial charge in [0.25, 0.3) is 0 Å². The second kappa shape index (κ2) is 6.31. The van der Waals surface area contributed by atoms with Gasteiger partial charge in [-0.05, 0) is 12.1 Å². The molecule has 0 aliphatic heterocycles. The Morgan fingerprint density at radius 3 is 2.47 bits per heavy atom. The monoisotopic (exact) mass is 261 g/mol. The third-order valence-corrected chi connectivity index (χ3v) is 2.88. The number of hydrogen-bond acceptors (Lipinski definition) is 3. The Labute approximate surface area is 111 Å². The van der Waals surface area contributed by atoms with E-state index >= 15 is 0 Å². The Balaban J connectivity index is 2.27. The summed E-state index contributed by atoms with van der Waals surface area (Å²) in [5.74, 6) is 0.170. The first-order valence-electron chi connectivity index (χ1n) is 6.06. The fourth-order valence-corrected chi connectivity index (χ4v) is 1.88. The third-order valence-electron chi connectivity index (χ3n) is 2.88. The van der Waals surface area contributed by atoms with Crippen LogP contribution in [0.2, 0.25) is 0 Å². The van der Waals surface area contributed by atoms with Gasteiger partial charge in [-0.15, -0.1) is 0 Å². The lowest BCUT2D eigenvalue weighted by Crippen LogP contribution is -2.20. The number of aliphatic hydroxyl groups is 1. The van der Waals surface area contributed by atoms with E-state index in [1.54, 1.807) is 42.5 Å². The lowest BCUT2D eigenvalue weighted by atomic mass is 10.1. The van der Waals surface area contributed by atoms with Crippen LogP contribution in [0.3, 0.4) is 0 Å². The first-order valence-corrected chi connectivity index (χ1v) is 6.06. The molecule has 100 valence electrons. The zero-order valence-corrected chi connectivity index (χ0v) is 10.4. The summed E-state index contributed by atoms with van der Waals surface area (Å²) in [5.41, 5.74) is 6.72. The number of nitrogens with two attached hydrogens (primary N) is 1. The number of para-hydroxylation sites is 1. The van der Waals surface area contributed by atoms with Crippen molar-refractivity contribution in [2.45, 2.75) is 12.7 Å². The second-order valence-electron chi connectivity index (χ2n) is 4.13. The summed E-state index contributed by atoms with van der Waals surface area (Å²) in [6.45, 7) is 0.0193. The summed E-state index contributed by atoms with van der Waals surface area (Å²) in [6.07, 6.45) is -0.575. The van der Waals surface area contributed by atoms with E-state index in [1.165, 1.54) is 6.07 Å². The molecule has 1 atom stereocenters. The number of ether oxygens (including phenoxy) is 1. The molecule has 2 rings (SSSR count). The van der Waals surface area contributed by atoms with Crippen molar-refractivity contribution in [2.75, 3.05) is 6.54 Å². The maximum atomic E-state index is 13.7. The lowest BCUT2D eigenvalue weighted by Gasteiger charge is -2.20. The van der Waals surface area contributed by atoms with E-state index in [4.69, 9.17) is 10.5 Å². The minimum absolute atomic E-state index is 0.134. The number of hydrogen-bond donors (Lipinski definition) is 2. The van der Waals surface area contributed by atoms with Crippen molar-refractivity contribution in [1.82, 2.24) is 0 Å². The molecule has 0 aliphatic carbocycles. The molecule has 0 amide bonds. The van der Waals surface area contributed by atoms with Gasteiger partial charge in [0.2, 0.25) is 0 Å². The molecule has 3 N–H and O–H groups in total. The van der Waals surface area contributed by atoms with Crippen molar-refractivity contribution >= 4 is 0 Å². The Kier molecular flexibility index (Phi) is 4.49. The summed E-state index contributed by atoms with van der Waals surface area (Å²) in [7, 11) is 0. The van der Waals surface area contributed by atoms with E-state index < -0.39 is 6.10 Å². The van der Waals surface area contributed by atoms with Gasteiger partial charge in [0.05, 0.1) is 6.61 Å². The molecule has 19 heavy (non-hydrogen) atoms. The van der Waals surface area contributed by atoms with Crippen LogP contribution < -0.4 is 10.5 Å². The molecular weight excluding hydrogens is 245 g/mol. The molecular formula is C15H16FNO2. The van der Waals surface area contributed by atoms with Gasteiger partial charge >= 0.3 is 0 Å². The number of rotatable bonds is 5. The predicted octanol–water partition coefficient (Wildman–Crippen LogP) is 2.40. The van der Waals surface area contributed by atoms with Gasteiger partial charge in [-0.3, -0.25) is 0 Å². The molecule has 1 unspecified atom stereocenters. The van der Waals surface area contributed by atoms with Gasteiger partial charge in [0, 0.05) is 17.7 Å². The van der Waals surface area contributed by atoms with Gasteiger partial charge in [-0.1, -0.05) is 36.4 Å². The highest BCUT2D eigenvalue weighted by Gasteiger charge is 2.16. The van der Waals surface area contributed by atoms with Gasteiger partial charge in [-0.25, -0.2) is 4.39 Å². The smallest absolute Gasteiger partial charge is 0.139 e. The fraction of sp³-hybridized carbons (Fsp3) is 0.200. The molecule has 2 aromatic rings. The minimum Gasteiger partial charge on any atom is -0.484 e. The Morgan fingerprint density at radius 1 is 1.11 bits per heavy atom. The highest BCUT2D eigenvalue weighted by atomic mass is 19.1. The first-order chi connectivity index (χ1) is 9.26. The topological polar surface area (TPSA) is 55.5 Å². The van der Waals surface area contributed by atoms with E-state index in [9.17, 15) is 9.50 Å². The SMILES string of the molecule is NCC(Oc1ccccc1CO)c1ccccc1F. The van der Waals surface area contributed by atoms with Crippen LogP contribution in [-0.2, 0) is 6.61 Å². The molecule has 0 saturated carbocycles. The van der Waals surface area contributed by atoms with Crippen molar-refractivity contribution in [2.24, 2.45) is 5.73 Å². The normalized spacial score (nSPS) is 12.2. The average molecular weight is 261 g/mol. The molecule has 2 aromatic carbocycles. The molecule has 0 fully saturated rings. The van der Waals surface area contributed by atoms with Crippen LogP contribution in [0.1, 0.15) is 17.2 Å². The average Bonchev–Trinajstić information content (AvgIpc) is 2.46. The fourth-order valence-electron chi connectivity index (χ4n) is 1.88. The van der Waals surface area contributed by atoms with Crippen LogP contribution >= 0.6 is 0 Å². The van der Waals surface area contributed by atoms with Crippen molar-refractivity contribution in [3.8, 4) is 5.75 Å². The Bertz CT molecular complexity index is 545. The summed E-state index contributed by atoms with van der Waals surface area (Å²) in [5, 5.41) is 9.24. The van der Waals surface area contributed by atoms with E-state index in [1.807, 2.05) is 0 Å². The first kappa shape index (κ1) is 13.5. The summed E-state index contributed by atoms with van der Waals surface area (Å²) < 4.78 is 19.5. The molecule has 0 radical (unpaired) electrons. The second-order valence-corrected chi connectivity index (χ2v) is 4.13. The summed E-state index contributed by atoms with van der Waals surface area (Å²) in [4.78, 5) is 0. The van der Waals surface area contributed by atoms with Crippen LogP contribution in [0.5, 0.6) is 5.75 Å². The van der Waals surface area contributed by atoms with Gasteiger partial charge in [0.1, 0.15) is 17.7 Å². The standard InChI is InChI=1S/C15H16FNO2/c16-13-7-3-2-6-12(13)15(9-17)19-14-8-4-1-5-11(14)10-18/h1-8,15,18H,9-10,17H2. The van der Waals surface area contributed by atoms with E-state index in [0.29, 0.717) is 16.9 Å². The molecule has 0 saturated heterocycles. The van der Waals surface area contributed by atoms with Crippen molar-refractivity contribution in [3.05, 3.63) is 65.5 Å². The van der Waals surface area contributed by atoms with Crippen LogP contribution in [-0.4, -0.2) is 11.7 Å². The van der Waals surface area contributed by atoms with E-state index in [2.05, 4.69) is 0 Å². The predicted molar refractivity (Wildman–Crippen MR) is 71.2 cm³/mol. The zero-order valence-electron chi connectivity index (χ0n) is 10.4. The molecule has 3 nitrogen and oxygen atoms in total. The maximum Gasteiger partial charge on any atom is 0.139 e. The van der Waals surface area contributed by atoms with Crippen LogP contribution in [0.25, 0.3) is 0 Å². The molecule has 0 spiro atoms. The lowest BCUT2D eigenvalue weighted by molar-refractivity contribution is 0.198. The van der Waals surface area contributed by atoms with Crippen molar-refractivity contribution in [1.29, 1.82) is 0 Å². The molecule has 4 heteroatoms. The van der Waals surface area contributed by atoms with Gasteiger partial charge < -0.3 is 15.6 Å². The quantitative estimate of drug-likeness (QED) is 0.869. The number of aliphatic hydroxyl groups excluding tert-OH is 1. The Hall–Kier alpha value is -1.91. The molecule has 0 heterocycles. The van der Waals surface area contributed by atoms with Crippen LogP contribution in [0.15, 0.2) is 48.5 Å². The minimum atomic E-state index is -0.575. The molecule has 0 aromatic heterocycles. The van der Waals surface area contributed by atoms with Crippen molar-refractivity contribution in [3.63, 3.8) is 0 Å². The third kappa shape index (κ3) is 3.10. The zero-order chi connectivity index (χ0) is 13.7. The number of halogens is 1. The van der Waals surface area contributed by atoms with E-state index in [-0.39, 0.29) is 19.0 Å². The summed E-state index contributed by atoms with van der Waals surface area (Å²) >= 11 is 0. The van der Waals surface area contributed by atoms with Gasteiger partial charge in [-0.2, -0.15) is 0 Å². The Morgan fingerprint density at radius 2 is 1.79 bits per heavy atom. The molecule has 0 bridgehead atoms. The van der Waals surface area contributed by atoms with Crippen LogP contribution in [0.4, 0.5) is 4.39 Å². The highest BCUT2D eigenvalue weighted by Crippen LogP contribution is 2.26. The summed E-state index contributed by atoms with van der Waals surface area (Å²) in [6, 6.07) is 13.5. The highest BCUT2D eigenvalue weighted by molar-refractivity contribution is 5.34. The maximum absolute atomic E-state index is 13.7. The van der Waals surface area contributed by atoms with Gasteiger partial charge in [0.15, 0.2) is 0 Å². The van der Waals surface area contributed by atoms with E-state index in [0.717, 1.165) is 0 Å². The number of benzene rings is 2.